The van der Waals surface area contributed by atoms with E-state index in [-0.39, 0.29) is 0 Å². The topological polar surface area (TPSA) is 838 Å². The molecule has 706 valence electrons. The maximum Gasteiger partial charge on any atom is 0.217 e. The van der Waals surface area contributed by atoms with Crippen LogP contribution in [0.25, 0.3) is 0 Å². The number of nitrogens with one attached hydrogen (secondary N) is 4. The van der Waals surface area contributed by atoms with E-state index < -0.39 is 390 Å². The van der Waals surface area contributed by atoms with Gasteiger partial charge in [-0.3, -0.25) is 19.2 Å². The second kappa shape index (κ2) is 43.6. The van der Waals surface area contributed by atoms with Gasteiger partial charge >= 0.3 is 0 Å². The van der Waals surface area contributed by atoms with Crippen LogP contribution in [0, 0.1) is 0 Å². The van der Waals surface area contributed by atoms with Gasteiger partial charge in [0.15, 0.2) is 62.9 Å². The van der Waals surface area contributed by atoms with Gasteiger partial charge in [-0.2, -0.15) is 0 Å². The first-order chi connectivity index (χ1) is 57.7. The van der Waals surface area contributed by atoms with Crippen LogP contribution in [-0.2, 0) is 109 Å². The van der Waals surface area contributed by atoms with Crippen LogP contribution >= 0.6 is 0 Å². The predicted molar refractivity (Wildman–Crippen MR) is 375 cm³/mol. The molecule has 54 nitrogen and oxygen atoms in total. The molecule has 31 N–H and O–H groups in total. The van der Waals surface area contributed by atoms with Gasteiger partial charge < -0.3 is 249 Å². The van der Waals surface area contributed by atoms with Crippen LogP contribution in [0.3, 0.4) is 0 Å². The maximum absolute atomic E-state index is 13.5. The van der Waals surface area contributed by atoms with Crippen LogP contribution in [0.2, 0.25) is 0 Å². The number of amides is 4. The van der Waals surface area contributed by atoms with Crippen molar-refractivity contribution in [2.45, 2.75) is 341 Å². The molecule has 10 rings (SSSR count). The molecule has 54 heteroatoms. The number of carbonyl (C=O) groups is 4. The Labute approximate surface area is 691 Å². The number of aliphatic hydroxyl groups excluding tert-OH is 27. The quantitative estimate of drug-likeness (QED) is 0.0306. The Morgan fingerprint density at radius 3 is 0.934 bits per heavy atom. The Kier molecular flexibility index (Phi) is 35.8. The van der Waals surface area contributed by atoms with Crippen molar-refractivity contribution in [3.8, 4) is 0 Å². The first kappa shape index (κ1) is 100. The largest absolute Gasteiger partial charge is 0.394 e. The molecule has 10 aliphatic heterocycles. The molecule has 0 aliphatic carbocycles. The number of carbonyl (C=O) groups excluding carboxylic acids is 4. The van der Waals surface area contributed by atoms with Crippen molar-refractivity contribution >= 4 is 23.6 Å². The molecule has 0 aromatic carbocycles. The second-order valence-electron chi connectivity index (χ2n) is 31.0. The first-order valence-electron chi connectivity index (χ1n) is 39.0. The number of hydrogen-bond acceptors (Lipinski definition) is 50. The van der Waals surface area contributed by atoms with E-state index in [1.54, 1.807) is 0 Å². The van der Waals surface area contributed by atoms with Gasteiger partial charge in [-0.1, -0.05) is 0 Å². The summed E-state index contributed by atoms with van der Waals surface area (Å²) in [6.07, 6.45) is -97.0. The molecule has 0 bridgehead atoms. The molecule has 0 saturated carbocycles. The standard InChI is InChI=1S/C68H114N4O50/c1-15-33(85)42(94)47(99)63(105-15)119-55-32(72-19(5)84)62(113-27(13-80)54(55)118-65-49(101)44(96)35(87)21(7-74)108-65)122-58-46(98)37(89)23(9-76)110-68(58)120-56-38(90)28(114-66(50(56)102)117-53-26(12-79)111-60(30(40(53)92)70-17(3)82)115-51-24(10-77)106-59(103)29(39(51)91)69-16(2)81)14-104-67-57(45(97)36(88)22(8-75)109-67)121-61-31(71-18(4)83)41(93)52(25(11-78)112-61)116-64-48(100)43(95)34(86)20(6-73)107-64/h15,20-68,73-80,85-103H,6-14H2,1-5H3,(H,69,81)(H,70,82)(H,71,83)(H,72,84)/t15-,20+,21+,22+,23+,24+,25+,26+,27+,28+,29+,30+,31+,32+,33+,34-,35-,36+,37+,38+,39+,40+,41+,42+,43-,44-,45-,46-,47+,48+,49+,50-,51+,52+,53+,54+,55+,56-,57-,58-,59+,60-,61-,62-,63-,64-,65-,66-,67-,68+/m0/s1. The fraction of sp³-hybridized carbons (Fsp3) is 0.941. The normalized spacial score (nSPS) is 49.7. The highest BCUT2D eigenvalue weighted by Crippen LogP contribution is 2.41. The van der Waals surface area contributed by atoms with Crippen molar-refractivity contribution in [2.75, 3.05) is 59.5 Å². The van der Waals surface area contributed by atoms with Crippen LogP contribution in [0.4, 0.5) is 0 Å². The van der Waals surface area contributed by atoms with E-state index in [1.165, 1.54) is 6.92 Å². The lowest BCUT2D eigenvalue weighted by Gasteiger charge is -2.52. The van der Waals surface area contributed by atoms with Gasteiger partial charge in [0.2, 0.25) is 23.6 Å². The van der Waals surface area contributed by atoms with Crippen molar-refractivity contribution in [1.82, 2.24) is 21.3 Å². The van der Waals surface area contributed by atoms with Gasteiger partial charge in [0.25, 0.3) is 0 Å². The fourth-order valence-corrected chi connectivity index (χ4v) is 15.9. The molecule has 0 aromatic rings. The van der Waals surface area contributed by atoms with Crippen molar-refractivity contribution in [3.63, 3.8) is 0 Å². The lowest BCUT2D eigenvalue weighted by atomic mass is 9.93. The molecule has 0 radical (unpaired) electrons. The molecule has 10 saturated heterocycles. The monoisotopic (exact) mass is 1790 g/mol. The predicted octanol–water partition coefficient (Wildman–Crippen LogP) is -21.2. The molecule has 0 aromatic heterocycles. The lowest BCUT2D eigenvalue weighted by molar-refractivity contribution is -0.403. The average molecular weight is 1790 g/mol. The van der Waals surface area contributed by atoms with Crippen LogP contribution in [-0.4, -0.2) is 528 Å². The van der Waals surface area contributed by atoms with Gasteiger partial charge in [-0.05, 0) is 6.92 Å². The van der Waals surface area contributed by atoms with E-state index in [0.717, 1.165) is 27.7 Å². The van der Waals surface area contributed by atoms with E-state index in [1.807, 2.05) is 0 Å². The highest BCUT2D eigenvalue weighted by molar-refractivity contribution is 5.74. The Morgan fingerprint density at radius 1 is 0.230 bits per heavy atom. The summed E-state index contributed by atoms with van der Waals surface area (Å²) < 4.78 is 114. The maximum atomic E-state index is 13.5. The SMILES string of the molecule is CC(=O)N[C@@H]1[C@@H](O)[C@H](O[C@@H]2O[C@H](CO)[C@@H](O[C@@H]3O[C@H](CO[C@H]4O[C@H](CO)[C@@H](O)[C@H](O)[C@@H]4O[C@@H]4O[C@H](CO)[C@@H](O[C@@H]5O[C@H](CO)[C@H](O)[C@H](O)[C@H]5O)[C@H](O)[C@H]4NC(C)=O)[C@@H](O)[C@H](O[C@H]4O[C@H](CO)[C@@H](O)[C@H](O)[C@@H]4O[C@@H]4O[C@H](CO)[C@@H](O[C@@H]5O[C@H](CO)[C@H](O)[C@H](O)[C@H]5O)[C@H](O[C@@H]5O[C@@H](C)[C@@H](O)[C@@H](O)[C@H]5O)[C@H]4NC(C)=O)[C@@H]3O)[C@H](O)[C@H]2NC(C)=O)[C@@H](CO)O[C@H]1O. The highest BCUT2D eigenvalue weighted by Gasteiger charge is 2.62. The Bertz CT molecular complexity index is 3290. The van der Waals surface area contributed by atoms with E-state index in [9.17, 15) is 157 Å². The van der Waals surface area contributed by atoms with Gasteiger partial charge in [0.1, 0.15) is 238 Å². The Morgan fingerprint density at radius 2 is 0.508 bits per heavy atom. The van der Waals surface area contributed by atoms with Gasteiger partial charge in [0.05, 0.1) is 65.6 Å². The van der Waals surface area contributed by atoms with Gasteiger partial charge in [0, 0.05) is 27.7 Å². The summed E-state index contributed by atoms with van der Waals surface area (Å²) in [7, 11) is 0. The minimum atomic E-state index is -2.64. The molecule has 4 amide bonds. The van der Waals surface area contributed by atoms with Gasteiger partial charge in [-0.15, -0.1) is 0 Å². The zero-order chi connectivity index (χ0) is 89.8. The Balaban J connectivity index is 1.01. The van der Waals surface area contributed by atoms with Crippen LogP contribution in [0.15, 0.2) is 0 Å². The molecule has 10 heterocycles. The zero-order valence-electron chi connectivity index (χ0n) is 65.7. The molecule has 0 unspecified atom stereocenters. The fourth-order valence-electron chi connectivity index (χ4n) is 15.9. The zero-order valence-corrected chi connectivity index (χ0v) is 65.7. The summed E-state index contributed by atoms with van der Waals surface area (Å²) in [5.41, 5.74) is 0. The van der Waals surface area contributed by atoms with E-state index in [4.69, 9.17) is 90.0 Å². The molecule has 122 heavy (non-hydrogen) atoms. The third kappa shape index (κ3) is 21.9. The third-order valence-corrected chi connectivity index (χ3v) is 22.4. The number of hydrogen-bond donors (Lipinski definition) is 31. The minimum absolute atomic E-state index is 0.803. The van der Waals surface area contributed by atoms with Crippen molar-refractivity contribution < 1.29 is 247 Å². The molecular weight excluding hydrogens is 1670 g/mol. The highest BCUT2D eigenvalue weighted by atomic mass is 16.8. The molecular formula is C68H114N4O50. The van der Waals surface area contributed by atoms with Gasteiger partial charge in [-0.25, -0.2) is 0 Å². The smallest absolute Gasteiger partial charge is 0.217 e. The lowest BCUT2D eigenvalue weighted by Crippen LogP contribution is -2.71. The minimum Gasteiger partial charge on any atom is -0.394 e. The summed E-state index contributed by atoms with van der Waals surface area (Å²) in [4.78, 5) is 51.8. The Hall–Kier alpha value is -3.96. The molecule has 10 fully saturated rings. The number of rotatable bonds is 31. The molecule has 10 aliphatic rings. The summed E-state index contributed by atoms with van der Waals surface area (Å²) in [6.45, 7) is -5.23. The summed E-state index contributed by atoms with van der Waals surface area (Å²) in [5, 5.41) is 311. The molecule has 50 atom stereocenters. The van der Waals surface area contributed by atoms with Crippen LogP contribution in [0.5, 0.6) is 0 Å². The third-order valence-electron chi connectivity index (χ3n) is 22.4. The summed E-state index contributed by atoms with van der Waals surface area (Å²) in [6, 6.07) is -7.63. The molecule has 0 spiro atoms. The number of aliphatic hydroxyl groups is 27. The van der Waals surface area contributed by atoms with E-state index in [2.05, 4.69) is 21.3 Å². The van der Waals surface area contributed by atoms with Crippen LogP contribution in [0.1, 0.15) is 34.6 Å². The summed E-state index contributed by atoms with van der Waals surface area (Å²) >= 11 is 0. The van der Waals surface area contributed by atoms with Crippen molar-refractivity contribution in [2.24, 2.45) is 0 Å². The first-order valence-corrected chi connectivity index (χ1v) is 39.0. The number of ether oxygens (including phenoxy) is 19. The van der Waals surface area contributed by atoms with Crippen molar-refractivity contribution in [1.29, 1.82) is 0 Å². The average Bonchev–Trinajstić information content (AvgIpc) is 0.739. The second-order valence-corrected chi connectivity index (χ2v) is 31.0. The van der Waals surface area contributed by atoms with E-state index >= 15 is 0 Å². The van der Waals surface area contributed by atoms with E-state index in [0.29, 0.717) is 0 Å². The van der Waals surface area contributed by atoms with Crippen molar-refractivity contribution in [3.05, 3.63) is 0 Å². The summed E-state index contributed by atoms with van der Waals surface area (Å²) in [5.74, 6) is -3.75. The van der Waals surface area contributed by atoms with Crippen LogP contribution < -0.4 is 21.3 Å².